The second kappa shape index (κ2) is 5.42. The average molecular weight is 307 g/mol. The quantitative estimate of drug-likeness (QED) is 0.526. The van der Waals surface area contributed by atoms with Crippen molar-refractivity contribution in [3.63, 3.8) is 0 Å². The van der Waals surface area contributed by atoms with E-state index in [1.54, 1.807) is 11.8 Å². The predicted octanol–water partition coefficient (Wildman–Crippen LogP) is 4.37. The van der Waals surface area contributed by atoms with Crippen LogP contribution in [-0.2, 0) is 5.75 Å². The third-order valence-electron chi connectivity index (χ3n) is 3.37. The largest absolute Gasteiger partial charge is 0.440 e. The van der Waals surface area contributed by atoms with Crippen LogP contribution in [0.25, 0.3) is 22.1 Å². The van der Waals surface area contributed by atoms with Crippen LogP contribution in [0.15, 0.2) is 58.0 Å². The van der Waals surface area contributed by atoms with E-state index in [-0.39, 0.29) is 0 Å². The number of fused-ring (bicyclic) bond motifs is 2. The number of benzene rings is 2. The number of hydrogen-bond donors (Lipinski definition) is 0. The average Bonchev–Trinajstić information content (AvgIpc) is 2.95. The zero-order valence-electron chi connectivity index (χ0n) is 12.0. The second-order valence-electron chi connectivity index (χ2n) is 4.97. The van der Waals surface area contributed by atoms with Gasteiger partial charge in [0.05, 0.1) is 22.5 Å². The van der Waals surface area contributed by atoms with Gasteiger partial charge in [0.25, 0.3) is 0 Å². The Morgan fingerprint density at radius 2 is 1.55 bits per heavy atom. The van der Waals surface area contributed by atoms with E-state index in [1.165, 1.54) is 0 Å². The maximum Gasteiger partial charge on any atom is 0.205 e. The van der Waals surface area contributed by atoms with Gasteiger partial charge < -0.3 is 4.42 Å². The standard InChI is InChI=1S/C17H13N3OS/c1-11-17(20-13-7-3-2-6-12(13)18-11)22-10-16-19-14-8-4-5-9-15(14)21-16/h2-9H,10H2,1H3. The summed E-state index contributed by atoms with van der Waals surface area (Å²) >= 11 is 1.60. The summed E-state index contributed by atoms with van der Waals surface area (Å²) in [6.07, 6.45) is 0. The number of rotatable bonds is 3. The number of para-hydroxylation sites is 4. The Balaban J connectivity index is 1.61. The zero-order valence-corrected chi connectivity index (χ0v) is 12.8. The molecule has 0 spiro atoms. The number of hydrogen-bond acceptors (Lipinski definition) is 5. The molecule has 0 radical (unpaired) electrons. The van der Waals surface area contributed by atoms with Crippen molar-refractivity contribution in [2.45, 2.75) is 17.7 Å². The molecule has 2 aromatic carbocycles. The van der Waals surface area contributed by atoms with Crippen LogP contribution in [0.2, 0.25) is 0 Å². The summed E-state index contributed by atoms with van der Waals surface area (Å²) in [6.45, 7) is 1.98. The third kappa shape index (κ3) is 2.44. The number of aromatic nitrogens is 3. The maximum atomic E-state index is 5.74. The van der Waals surface area contributed by atoms with Crippen molar-refractivity contribution in [1.82, 2.24) is 15.0 Å². The van der Waals surface area contributed by atoms with Gasteiger partial charge in [-0.25, -0.2) is 15.0 Å². The SMILES string of the molecule is Cc1nc2ccccc2nc1SCc1nc2ccccc2o1. The van der Waals surface area contributed by atoms with Crippen LogP contribution in [0.4, 0.5) is 0 Å². The lowest BCUT2D eigenvalue weighted by molar-refractivity contribution is 0.556. The molecule has 108 valence electrons. The van der Waals surface area contributed by atoms with E-state index in [0.717, 1.165) is 32.9 Å². The lowest BCUT2D eigenvalue weighted by Gasteiger charge is -2.04. The second-order valence-corrected chi connectivity index (χ2v) is 5.93. The highest BCUT2D eigenvalue weighted by Crippen LogP contribution is 2.26. The van der Waals surface area contributed by atoms with Gasteiger partial charge >= 0.3 is 0 Å². The molecule has 0 N–H and O–H groups in total. The van der Waals surface area contributed by atoms with E-state index in [4.69, 9.17) is 4.42 Å². The van der Waals surface area contributed by atoms with Gasteiger partial charge in [-0.2, -0.15) is 0 Å². The molecule has 0 bridgehead atoms. The monoisotopic (exact) mass is 307 g/mol. The van der Waals surface area contributed by atoms with Crippen LogP contribution < -0.4 is 0 Å². The fraction of sp³-hybridized carbons (Fsp3) is 0.118. The van der Waals surface area contributed by atoms with Crippen LogP contribution >= 0.6 is 11.8 Å². The van der Waals surface area contributed by atoms with E-state index >= 15 is 0 Å². The summed E-state index contributed by atoms with van der Waals surface area (Å²) in [7, 11) is 0. The number of oxazole rings is 1. The Morgan fingerprint density at radius 3 is 2.32 bits per heavy atom. The Morgan fingerprint density at radius 1 is 0.864 bits per heavy atom. The van der Waals surface area contributed by atoms with Gasteiger partial charge in [0.15, 0.2) is 5.58 Å². The van der Waals surface area contributed by atoms with Gasteiger partial charge in [-0.3, -0.25) is 0 Å². The molecule has 0 aliphatic rings. The van der Waals surface area contributed by atoms with E-state index in [9.17, 15) is 0 Å². The fourth-order valence-corrected chi connectivity index (χ4v) is 3.12. The molecule has 5 heteroatoms. The molecule has 0 fully saturated rings. The van der Waals surface area contributed by atoms with Gasteiger partial charge in [0.2, 0.25) is 5.89 Å². The first kappa shape index (κ1) is 13.3. The van der Waals surface area contributed by atoms with Gasteiger partial charge in [0.1, 0.15) is 10.5 Å². The molecule has 0 atom stereocenters. The number of aryl methyl sites for hydroxylation is 1. The molecule has 0 unspecified atom stereocenters. The van der Waals surface area contributed by atoms with E-state index in [0.29, 0.717) is 11.6 Å². The van der Waals surface area contributed by atoms with Crippen LogP contribution in [0.3, 0.4) is 0 Å². The molecule has 0 aliphatic carbocycles. The van der Waals surface area contributed by atoms with E-state index < -0.39 is 0 Å². The lowest BCUT2D eigenvalue weighted by Crippen LogP contribution is -1.93. The van der Waals surface area contributed by atoms with Crippen LogP contribution in [-0.4, -0.2) is 15.0 Å². The predicted molar refractivity (Wildman–Crippen MR) is 87.8 cm³/mol. The zero-order chi connectivity index (χ0) is 14.9. The van der Waals surface area contributed by atoms with Crippen molar-refractivity contribution >= 4 is 33.9 Å². The Hall–Kier alpha value is -2.40. The summed E-state index contributed by atoms with van der Waals surface area (Å²) in [5, 5.41) is 0.918. The van der Waals surface area contributed by atoms with Crippen LogP contribution in [0, 0.1) is 6.92 Å². The van der Waals surface area contributed by atoms with E-state index in [2.05, 4.69) is 15.0 Å². The minimum Gasteiger partial charge on any atom is -0.440 e. The molecule has 4 aromatic rings. The molecule has 0 aliphatic heterocycles. The normalized spacial score (nSPS) is 11.3. The van der Waals surface area contributed by atoms with E-state index in [1.807, 2.05) is 55.5 Å². The van der Waals surface area contributed by atoms with Gasteiger partial charge in [-0.1, -0.05) is 36.0 Å². The Kier molecular flexibility index (Phi) is 3.27. The first-order valence-electron chi connectivity index (χ1n) is 7.00. The Bertz CT molecular complexity index is 931. The topological polar surface area (TPSA) is 51.8 Å². The molecule has 2 heterocycles. The highest BCUT2D eigenvalue weighted by molar-refractivity contribution is 7.98. The number of nitrogens with zero attached hydrogens (tertiary/aromatic N) is 3. The highest BCUT2D eigenvalue weighted by atomic mass is 32.2. The van der Waals surface area contributed by atoms with Crippen molar-refractivity contribution in [2.24, 2.45) is 0 Å². The van der Waals surface area contributed by atoms with Crippen molar-refractivity contribution in [3.05, 3.63) is 60.1 Å². The third-order valence-corrected chi connectivity index (χ3v) is 4.42. The number of thioether (sulfide) groups is 1. The van der Waals surface area contributed by atoms with Crippen molar-refractivity contribution in [1.29, 1.82) is 0 Å². The molecular weight excluding hydrogens is 294 g/mol. The lowest BCUT2D eigenvalue weighted by atomic mass is 10.3. The van der Waals surface area contributed by atoms with Gasteiger partial charge in [-0.15, -0.1) is 0 Å². The fourth-order valence-electron chi connectivity index (χ4n) is 2.32. The summed E-state index contributed by atoms with van der Waals surface area (Å²) in [4.78, 5) is 13.8. The Labute approximate surface area is 131 Å². The summed E-state index contributed by atoms with van der Waals surface area (Å²) in [6, 6.07) is 15.7. The molecule has 22 heavy (non-hydrogen) atoms. The molecule has 4 rings (SSSR count). The molecule has 0 amide bonds. The van der Waals surface area contributed by atoms with Crippen molar-refractivity contribution in [2.75, 3.05) is 0 Å². The van der Waals surface area contributed by atoms with Gasteiger partial charge in [-0.05, 0) is 31.2 Å². The smallest absolute Gasteiger partial charge is 0.205 e. The first-order valence-corrected chi connectivity index (χ1v) is 7.99. The maximum absolute atomic E-state index is 5.74. The highest BCUT2D eigenvalue weighted by Gasteiger charge is 2.09. The molecule has 0 saturated heterocycles. The van der Waals surface area contributed by atoms with Crippen LogP contribution in [0.5, 0.6) is 0 Å². The minimum atomic E-state index is 0.641. The molecule has 0 saturated carbocycles. The van der Waals surface area contributed by atoms with Crippen molar-refractivity contribution < 1.29 is 4.42 Å². The summed E-state index contributed by atoms with van der Waals surface area (Å²) in [5.41, 5.74) is 4.47. The van der Waals surface area contributed by atoms with Crippen LogP contribution in [0.1, 0.15) is 11.6 Å². The molecule has 4 nitrogen and oxygen atoms in total. The van der Waals surface area contributed by atoms with Crippen molar-refractivity contribution in [3.8, 4) is 0 Å². The minimum absolute atomic E-state index is 0.641. The first-order chi connectivity index (χ1) is 10.8. The molecule has 2 aromatic heterocycles. The van der Waals surface area contributed by atoms with Gasteiger partial charge in [0, 0.05) is 0 Å². The summed E-state index contributed by atoms with van der Waals surface area (Å²) < 4.78 is 5.74. The summed E-state index contributed by atoms with van der Waals surface area (Å²) in [5.74, 6) is 1.35. The molecular formula is C17H13N3OS.